The SMILES string of the molecule is Cc1ncc(C(=O)NC(CCc2ccccc2)C(=O)C(N)=O)n1-c1ccccc1. The smallest absolute Gasteiger partial charge is 0.287 e. The maximum Gasteiger partial charge on any atom is 0.287 e. The number of ketones is 1. The van der Waals surface area contributed by atoms with Crippen molar-refractivity contribution in [3.05, 3.63) is 83.9 Å². The summed E-state index contributed by atoms with van der Waals surface area (Å²) < 4.78 is 1.69. The van der Waals surface area contributed by atoms with Gasteiger partial charge < -0.3 is 11.1 Å². The number of carbonyl (C=O) groups excluding carboxylic acids is 3. The highest BCUT2D eigenvalue weighted by Crippen LogP contribution is 2.15. The van der Waals surface area contributed by atoms with Crippen molar-refractivity contribution < 1.29 is 14.4 Å². The van der Waals surface area contributed by atoms with Crippen LogP contribution in [0.15, 0.2) is 66.9 Å². The largest absolute Gasteiger partial charge is 0.363 e. The van der Waals surface area contributed by atoms with Crippen LogP contribution in [-0.2, 0) is 16.0 Å². The summed E-state index contributed by atoms with van der Waals surface area (Å²) in [4.78, 5) is 40.9. The summed E-state index contributed by atoms with van der Waals surface area (Å²) in [5.74, 6) is -1.77. The number of imidazole rings is 1. The van der Waals surface area contributed by atoms with Gasteiger partial charge in [0, 0.05) is 5.69 Å². The van der Waals surface area contributed by atoms with Gasteiger partial charge in [0.05, 0.1) is 12.2 Å². The van der Waals surface area contributed by atoms with E-state index < -0.39 is 23.6 Å². The predicted molar refractivity (Wildman–Crippen MR) is 109 cm³/mol. The Bertz CT molecular complexity index is 1010. The topological polar surface area (TPSA) is 107 Å². The maximum atomic E-state index is 12.9. The predicted octanol–water partition coefficient (Wildman–Crippen LogP) is 1.97. The third-order valence-corrected chi connectivity index (χ3v) is 4.61. The highest BCUT2D eigenvalue weighted by molar-refractivity contribution is 6.38. The van der Waals surface area contributed by atoms with E-state index in [9.17, 15) is 14.4 Å². The van der Waals surface area contributed by atoms with Gasteiger partial charge in [-0.2, -0.15) is 0 Å². The molecule has 7 nitrogen and oxygen atoms in total. The molecule has 1 heterocycles. The zero-order chi connectivity index (χ0) is 20.8. The number of hydrogen-bond acceptors (Lipinski definition) is 4. The van der Waals surface area contributed by atoms with Gasteiger partial charge in [-0.15, -0.1) is 0 Å². The zero-order valence-corrected chi connectivity index (χ0v) is 16.0. The molecule has 7 heteroatoms. The van der Waals surface area contributed by atoms with Crippen molar-refractivity contribution in [1.29, 1.82) is 0 Å². The van der Waals surface area contributed by atoms with Crippen LogP contribution in [0.5, 0.6) is 0 Å². The minimum absolute atomic E-state index is 0.260. The number of para-hydroxylation sites is 1. The average Bonchev–Trinajstić information content (AvgIpc) is 3.13. The van der Waals surface area contributed by atoms with E-state index in [1.807, 2.05) is 60.7 Å². The van der Waals surface area contributed by atoms with Crippen molar-refractivity contribution in [3.8, 4) is 5.69 Å². The van der Waals surface area contributed by atoms with Crippen LogP contribution >= 0.6 is 0 Å². The number of nitrogens with two attached hydrogens (primary N) is 1. The van der Waals surface area contributed by atoms with Crippen molar-refractivity contribution >= 4 is 17.6 Å². The Morgan fingerprint density at radius 3 is 2.28 bits per heavy atom. The van der Waals surface area contributed by atoms with Gasteiger partial charge in [0.2, 0.25) is 5.78 Å². The van der Waals surface area contributed by atoms with Crippen LogP contribution in [0.2, 0.25) is 0 Å². The number of primary amides is 1. The van der Waals surface area contributed by atoms with E-state index in [2.05, 4.69) is 10.3 Å². The Hall–Kier alpha value is -3.74. The highest BCUT2D eigenvalue weighted by Gasteiger charge is 2.27. The van der Waals surface area contributed by atoms with E-state index in [4.69, 9.17) is 5.73 Å². The molecule has 0 saturated carbocycles. The van der Waals surface area contributed by atoms with Gasteiger partial charge in [0.1, 0.15) is 11.5 Å². The number of aromatic nitrogens is 2. The number of carbonyl (C=O) groups is 3. The van der Waals surface area contributed by atoms with Crippen LogP contribution in [0.3, 0.4) is 0 Å². The van der Waals surface area contributed by atoms with Crippen molar-refractivity contribution in [2.75, 3.05) is 0 Å². The van der Waals surface area contributed by atoms with Crippen LogP contribution in [0.4, 0.5) is 0 Å². The first kappa shape index (κ1) is 20.0. The number of amides is 2. The second kappa shape index (κ2) is 8.97. The van der Waals surface area contributed by atoms with Crippen LogP contribution in [0.1, 0.15) is 28.3 Å². The molecule has 0 aliphatic heterocycles. The Balaban J connectivity index is 1.82. The van der Waals surface area contributed by atoms with E-state index in [1.165, 1.54) is 6.20 Å². The first-order chi connectivity index (χ1) is 14.0. The molecule has 0 aliphatic rings. The van der Waals surface area contributed by atoms with E-state index in [-0.39, 0.29) is 12.1 Å². The van der Waals surface area contributed by atoms with Gasteiger partial charge >= 0.3 is 0 Å². The molecule has 0 saturated heterocycles. The number of Topliss-reactive ketones (excluding diaryl/α,β-unsaturated/α-hetero) is 1. The molecular formula is C22H22N4O3. The van der Waals surface area contributed by atoms with Crippen molar-refractivity contribution in [1.82, 2.24) is 14.9 Å². The van der Waals surface area contributed by atoms with Gasteiger partial charge in [-0.1, -0.05) is 48.5 Å². The minimum atomic E-state index is -1.07. The normalized spacial score (nSPS) is 11.6. The minimum Gasteiger partial charge on any atom is -0.363 e. The molecule has 2 aromatic carbocycles. The number of aryl methyl sites for hydroxylation is 2. The quantitative estimate of drug-likeness (QED) is 0.573. The second-order valence-electron chi connectivity index (χ2n) is 6.64. The van der Waals surface area contributed by atoms with Crippen molar-refractivity contribution in [2.24, 2.45) is 5.73 Å². The second-order valence-corrected chi connectivity index (χ2v) is 6.64. The Labute approximate surface area is 168 Å². The molecule has 3 N–H and O–H groups in total. The number of nitrogens with one attached hydrogen (secondary N) is 1. The van der Waals surface area contributed by atoms with Gasteiger partial charge in [-0.3, -0.25) is 19.0 Å². The first-order valence-corrected chi connectivity index (χ1v) is 9.25. The summed E-state index contributed by atoms with van der Waals surface area (Å²) >= 11 is 0. The molecule has 1 atom stereocenters. The van der Waals surface area contributed by atoms with Crippen LogP contribution < -0.4 is 11.1 Å². The molecule has 29 heavy (non-hydrogen) atoms. The molecule has 1 unspecified atom stereocenters. The highest BCUT2D eigenvalue weighted by atomic mass is 16.2. The molecule has 1 aromatic heterocycles. The fourth-order valence-electron chi connectivity index (χ4n) is 3.14. The van der Waals surface area contributed by atoms with Crippen LogP contribution in [-0.4, -0.2) is 33.2 Å². The Morgan fingerprint density at radius 1 is 1.03 bits per heavy atom. The van der Waals surface area contributed by atoms with Gasteiger partial charge in [-0.05, 0) is 37.5 Å². The van der Waals surface area contributed by atoms with E-state index >= 15 is 0 Å². The molecule has 3 rings (SSSR count). The average molecular weight is 390 g/mol. The number of benzene rings is 2. The first-order valence-electron chi connectivity index (χ1n) is 9.25. The summed E-state index contributed by atoms with van der Waals surface area (Å²) in [5, 5.41) is 2.66. The fraction of sp³-hybridized carbons (Fsp3) is 0.182. The summed E-state index contributed by atoms with van der Waals surface area (Å²) in [7, 11) is 0. The third-order valence-electron chi connectivity index (χ3n) is 4.61. The lowest BCUT2D eigenvalue weighted by Crippen LogP contribution is -2.46. The lowest BCUT2D eigenvalue weighted by Gasteiger charge is -2.17. The number of hydrogen-bond donors (Lipinski definition) is 2. The maximum absolute atomic E-state index is 12.9. The summed E-state index contributed by atoms with van der Waals surface area (Å²) in [6.07, 6.45) is 2.22. The molecule has 0 bridgehead atoms. The van der Waals surface area contributed by atoms with Gasteiger partial charge in [0.15, 0.2) is 0 Å². The zero-order valence-electron chi connectivity index (χ0n) is 16.0. The van der Waals surface area contributed by atoms with Gasteiger partial charge in [0.25, 0.3) is 11.8 Å². The van der Waals surface area contributed by atoms with E-state index in [1.54, 1.807) is 11.5 Å². The van der Waals surface area contributed by atoms with Crippen molar-refractivity contribution in [3.63, 3.8) is 0 Å². The number of nitrogens with zero attached hydrogens (tertiary/aromatic N) is 2. The van der Waals surface area contributed by atoms with E-state index in [0.717, 1.165) is 11.3 Å². The van der Waals surface area contributed by atoms with Crippen LogP contribution in [0.25, 0.3) is 5.69 Å². The lowest BCUT2D eigenvalue weighted by molar-refractivity contribution is -0.137. The fourth-order valence-corrected chi connectivity index (χ4v) is 3.14. The monoisotopic (exact) mass is 390 g/mol. The molecule has 2 amide bonds. The Morgan fingerprint density at radius 2 is 1.66 bits per heavy atom. The van der Waals surface area contributed by atoms with E-state index in [0.29, 0.717) is 12.2 Å². The molecule has 3 aromatic rings. The summed E-state index contributed by atoms with van der Waals surface area (Å²) in [6, 6.07) is 17.8. The number of rotatable bonds is 8. The third kappa shape index (κ3) is 4.76. The van der Waals surface area contributed by atoms with Gasteiger partial charge in [-0.25, -0.2) is 4.98 Å². The van der Waals surface area contributed by atoms with Crippen LogP contribution in [0, 0.1) is 6.92 Å². The summed E-state index contributed by atoms with van der Waals surface area (Å²) in [6.45, 7) is 1.78. The lowest BCUT2D eigenvalue weighted by atomic mass is 10.0. The standard InChI is InChI=1S/C22H22N4O3/c1-15-24-14-19(26(15)17-10-6-3-7-11-17)22(29)25-18(20(27)21(23)28)13-12-16-8-4-2-5-9-16/h2-11,14,18H,12-13H2,1H3,(H2,23,28)(H,25,29). The molecule has 0 fully saturated rings. The molecular weight excluding hydrogens is 368 g/mol. The Kier molecular flexibility index (Phi) is 6.19. The molecule has 0 aliphatic carbocycles. The molecule has 148 valence electrons. The van der Waals surface area contributed by atoms with Crippen molar-refractivity contribution in [2.45, 2.75) is 25.8 Å². The molecule has 0 spiro atoms. The summed E-state index contributed by atoms with van der Waals surface area (Å²) in [5.41, 5.74) is 7.23. The molecule has 0 radical (unpaired) electrons.